The van der Waals surface area contributed by atoms with Crippen molar-refractivity contribution >= 4 is 41.5 Å². The maximum Gasteiger partial charge on any atom is 0.338 e. The lowest BCUT2D eigenvalue weighted by molar-refractivity contribution is -0.346. The molecule has 6 rings (SSSR count). The number of carboxylic acids is 1. The van der Waals surface area contributed by atoms with Crippen LogP contribution in [0.5, 0.6) is 0 Å². The third kappa shape index (κ3) is 9.27. The first kappa shape index (κ1) is 49.9. The Balaban J connectivity index is 1.50. The summed E-state index contributed by atoms with van der Waals surface area (Å²) in [6.07, 6.45) is -9.38. The largest absolute Gasteiger partial charge is 0.481 e. The number of nitrogens with one attached hydrogen (secondary N) is 1. The van der Waals surface area contributed by atoms with Crippen LogP contribution in [0.4, 0.5) is 0 Å². The van der Waals surface area contributed by atoms with E-state index in [9.17, 15) is 49.2 Å². The van der Waals surface area contributed by atoms with Gasteiger partial charge in [-0.3, -0.25) is 24.0 Å². The number of carbonyl (C=O) groups is 7. The zero-order valence-corrected chi connectivity index (χ0v) is 38.2. The van der Waals surface area contributed by atoms with E-state index in [4.69, 9.17) is 23.7 Å². The number of carbonyl (C=O) groups excluding carboxylic acids is 6. The zero-order valence-electron chi connectivity index (χ0n) is 38.2. The maximum atomic E-state index is 15.5. The molecule has 0 radical (unpaired) electrons. The number of carboxylic acid groups (broad SMARTS) is 1. The molecule has 358 valence electrons. The van der Waals surface area contributed by atoms with Crippen molar-refractivity contribution in [3.05, 3.63) is 82.9 Å². The zero-order chi connectivity index (χ0) is 48.4. The van der Waals surface area contributed by atoms with E-state index < -0.39 is 119 Å². The molecule has 0 aromatic heterocycles. The van der Waals surface area contributed by atoms with Gasteiger partial charge in [0.2, 0.25) is 5.91 Å². The van der Waals surface area contributed by atoms with Crippen LogP contribution in [-0.2, 0) is 52.5 Å². The molecule has 3 fully saturated rings. The number of ether oxygens (including phenoxy) is 5. The SMILES string of the molecule is CCCCCC(=O)NC(c1ccccc1)[C@H](O)C(=O)O[C@H]1C[C@@]2(O)C(OC(=O)c3ccccc3)C3[C@]4(OC(C)=O)COC4C[C@H](OC(=O)CCCC(=O)O)[C@@]3(C)C(=O)[C@H](O)C(=C1C)C2(C)C. The number of aliphatic hydroxyl groups is 3. The van der Waals surface area contributed by atoms with Crippen LogP contribution in [-0.4, -0.2) is 116 Å². The number of benzene rings is 2. The number of hydrogen-bond acceptors (Lipinski definition) is 15. The number of esters is 4. The van der Waals surface area contributed by atoms with Crippen molar-refractivity contribution in [2.45, 2.75) is 153 Å². The van der Waals surface area contributed by atoms with Crippen LogP contribution in [0.1, 0.15) is 121 Å². The highest BCUT2D eigenvalue weighted by Gasteiger charge is 2.78. The number of aliphatic hydroxyl groups excluding tert-OH is 2. The van der Waals surface area contributed by atoms with Gasteiger partial charge in [0, 0.05) is 44.4 Å². The Morgan fingerprint density at radius 3 is 2.14 bits per heavy atom. The van der Waals surface area contributed by atoms with Gasteiger partial charge in [0.05, 0.1) is 29.5 Å². The summed E-state index contributed by atoms with van der Waals surface area (Å²) in [6, 6.07) is 14.8. The van der Waals surface area contributed by atoms with Crippen LogP contribution in [0.2, 0.25) is 0 Å². The minimum Gasteiger partial charge on any atom is -0.481 e. The first-order valence-electron chi connectivity index (χ1n) is 22.5. The van der Waals surface area contributed by atoms with Crippen LogP contribution < -0.4 is 5.32 Å². The molecule has 2 saturated carbocycles. The predicted octanol–water partition coefficient (Wildman–Crippen LogP) is 4.24. The maximum absolute atomic E-state index is 15.5. The fraction of sp³-hybridized carbons (Fsp3) is 0.571. The second-order valence-corrected chi connectivity index (χ2v) is 18.7. The number of fused-ring (bicyclic) bond motifs is 5. The van der Waals surface area contributed by atoms with Crippen LogP contribution >= 0.6 is 0 Å². The van der Waals surface area contributed by atoms with E-state index in [1.165, 1.54) is 39.8 Å². The molecule has 5 N–H and O–H groups in total. The molecule has 2 aromatic rings. The molecule has 4 aliphatic rings. The Morgan fingerprint density at radius 1 is 0.894 bits per heavy atom. The minimum absolute atomic E-state index is 0.0340. The second kappa shape index (κ2) is 19.8. The van der Waals surface area contributed by atoms with Gasteiger partial charge < -0.3 is 49.4 Å². The summed E-state index contributed by atoms with van der Waals surface area (Å²) >= 11 is 0. The van der Waals surface area contributed by atoms with E-state index in [2.05, 4.69) is 5.32 Å². The molecule has 4 unspecified atom stereocenters. The standard InChI is InChI=1S/C49H61NO16/c1-7-8-11-21-34(52)50-38(29-17-12-9-13-18-29)40(57)45(60)63-31-25-49(61)43(65-44(59)30-19-14-10-15-20-30)41-47(6,42(58)39(56)37(27(31)2)46(49,4)5)32(64-36(55)23-16-22-35(53)54)24-33-48(41,26-62-33)66-28(3)51/h9-10,12-15,17-20,31-33,38-41,43,56-57,61H,7-8,11,16,21-26H2,1-6H3,(H,50,52)(H,53,54)/t31-,32-,33?,38?,39+,40-,41?,43?,47+,48-,49+/m0/s1. The van der Waals surface area contributed by atoms with Gasteiger partial charge >= 0.3 is 29.8 Å². The van der Waals surface area contributed by atoms with Crippen molar-refractivity contribution in [1.29, 1.82) is 0 Å². The second-order valence-electron chi connectivity index (χ2n) is 18.7. The third-order valence-corrected chi connectivity index (χ3v) is 14.2. The number of aliphatic carboxylic acids is 1. The monoisotopic (exact) mass is 919 g/mol. The quantitative estimate of drug-likeness (QED) is 0.0644. The molecular formula is C49H61NO16. The molecule has 66 heavy (non-hydrogen) atoms. The molecule has 17 nitrogen and oxygen atoms in total. The molecule has 1 heterocycles. The number of unbranched alkanes of at least 4 members (excludes halogenated alkanes) is 2. The molecule has 1 saturated heterocycles. The van der Waals surface area contributed by atoms with Crippen molar-refractivity contribution in [2.24, 2.45) is 16.7 Å². The van der Waals surface area contributed by atoms with Gasteiger partial charge in [-0.1, -0.05) is 82.1 Å². The van der Waals surface area contributed by atoms with Gasteiger partial charge in [-0.2, -0.15) is 0 Å². The van der Waals surface area contributed by atoms with Gasteiger partial charge in [-0.05, 0) is 55.5 Å². The molecule has 1 aliphatic heterocycles. The molecule has 2 aromatic carbocycles. The Hall–Kier alpha value is -5.49. The first-order chi connectivity index (χ1) is 31.1. The molecule has 1 amide bonds. The summed E-state index contributed by atoms with van der Waals surface area (Å²) in [4.78, 5) is 95.2. The van der Waals surface area contributed by atoms with E-state index in [-0.39, 0.29) is 55.4 Å². The highest BCUT2D eigenvalue weighted by atomic mass is 16.6. The molecular weight excluding hydrogens is 859 g/mol. The molecule has 0 spiro atoms. The summed E-state index contributed by atoms with van der Waals surface area (Å²) in [5.74, 6) is -8.06. The van der Waals surface area contributed by atoms with E-state index >= 15 is 4.79 Å². The number of Topliss-reactive ketones (excluding diaryl/α,β-unsaturated/α-hetero) is 1. The molecule has 3 aliphatic carbocycles. The van der Waals surface area contributed by atoms with Crippen LogP contribution in [0.25, 0.3) is 0 Å². The average Bonchev–Trinajstić information content (AvgIpc) is 3.26. The van der Waals surface area contributed by atoms with Crippen molar-refractivity contribution in [3.63, 3.8) is 0 Å². The lowest BCUT2D eigenvalue weighted by Gasteiger charge is -2.67. The Kier molecular flexibility index (Phi) is 15.0. The normalized spacial score (nSPS) is 30.7. The lowest BCUT2D eigenvalue weighted by Crippen LogP contribution is -2.82. The van der Waals surface area contributed by atoms with Crippen LogP contribution in [0.15, 0.2) is 71.8 Å². The lowest BCUT2D eigenvalue weighted by atomic mass is 9.44. The molecule has 2 bridgehead atoms. The minimum atomic E-state index is -2.44. The Labute approximate surface area is 383 Å². The van der Waals surface area contributed by atoms with Crippen molar-refractivity contribution in [3.8, 4) is 0 Å². The summed E-state index contributed by atoms with van der Waals surface area (Å²) in [7, 11) is 0. The smallest absolute Gasteiger partial charge is 0.338 e. The number of rotatable bonds is 17. The van der Waals surface area contributed by atoms with Gasteiger partial charge in [0.15, 0.2) is 17.5 Å². The van der Waals surface area contributed by atoms with Crippen molar-refractivity contribution < 1.29 is 77.7 Å². The average molecular weight is 920 g/mol. The van der Waals surface area contributed by atoms with Gasteiger partial charge in [0.25, 0.3) is 0 Å². The summed E-state index contributed by atoms with van der Waals surface area (Å²) in [5, 5.41) is 49.9. The van der Waals surface area contributed by atoms with Crippen LogP contribution in [0, 0.1) is 16.7 Å². The van der Waals surface area contributed by atoms with E-state index in [1.807, 2.05) is 6.92 Å². The first-order valence-corrected chi connectivity index (χ1v) is 22.5. The Bertz CT molecular complexity index is 2210. The van der Waals surface area contributed by atoms with Gasteiger partial charge in [-0.15, -0.1) is 0 Å². The fourth-order valence-corrected chi connectivity index (χ4v) is 10.7. The van der Waals surface area contributed by atoms with Gasteiger partial charge in [0.1, 0.15) is 36.1 Å². The van der Waals surface area contributed by atoms with E-state index in [0.717, 1.165) is 19.8 Å². The number of hydrogen-bond donors (Lipinski definition) is 5. The third-order valence-electron chi connectivity index (χ3n) is 14.2. The topological polar surface area (TPSA) is 259 Å². The summed E-state index contributed by atoms with van der Waals surface area (Å²) in [5.41, 5.74) is -7.69. The summed E-state index contributed by atoms with van der Waals surface area (Å²) < 4.78 is 30.6. The molecule has 17 heteroatoms. The van der Waals surface area contributed by atoms with Gasteiger partial charge in [-0.25, -0.2) is 9.59 Å². The highest BCUT2D eigenvalue weighted by molar-refractivity contribution is 5.94. The molecule has 11 atom stereocenters. The fourth-order valence-electron chi connectivity index (χ4n) is 10.7. The summed E-state index contributed by atoms with van der Waals surface area (Å²) in [6.45, 7) is 8.66. The number of amides is 1. The predicted molar refractivity (Wildman–Crippen MR) is 232 cm³/mol. The van der Waals surface area contributed by atoms with Crippen molar-refractivity contribution in [2.75, 3.05) is 6.61 Å². The highest BCUT2D eigenvalue weighted by Crippen LogP contribution is 2.64. The van der Waals surface area contributed by atoms with E-state index in [0.29, 0.717) is 12.0 Å². The van der Waals surface area contributed by atoms with E-state index in [1.54, 1.807) is 48.5 Å². The van der Waals surface area contributed by atoms with Crippen LogP contribution in [0.3, 0.4) is 0 Å². The number of ketones is 1. The Morgan fingerprint density at radius 2 is 1.55 bits per heavy atom. The van der Waals surface area contributed by atoms with Crippen molar-refractivity contribution in [1.82, 2.24) is 5.32 Å².